The molecular weight excluding hydrogens is 415 g/mol. The van der Waals surface area contributed by atoms with E-state index >= 15 is 0 Å². The Morgan fingerprint density at radius 1 is 1.23 bits per heavy atom. The lowest BCUT2D eigenvalue weighted by atomic mass is 10.1. The Morgan fingerprint density at radius 2 is 1.93 bits per heavy atom. The van der Waals surface area contributed by atoms with Gasteiger partial charge in [-0.05, 0) is 43.6 Å². The predicted molar refractivity (Wildman–Crippen MR) is 112 cm³/mol. The molecule has 10 heteroatoms. The molecule has 30 heavy (non-hydrogen) atoms. The van der Waals surface area contributed by atoms with Crippen molar-refractivity contribution in [3.8, 4) is 5.75 Å². The summed E-state index contributed by atoms with van der Waals surface area (Å²) in [5.74, 6) is 1.34. The van der Waals surface area contributed by atoms with E-state index < -0.39 is 11.9 Å². The largest absolute Gasteiger partial charge is 0.497 e. The third-order valence-electron chi connectivity index (χ3n) is 5.02. The number of nitrogens with one attached hydrogen (secondary N) is 2. The lowest BCUT2D eigenvalue weighted by molar-refractivity contribution is -0.140. The quantitative estimate of drug-likeness (QED) is 0.507. The molecule has 3 rings (SSSR count). The summed E-state index contributed by atoms with van der Waals surface area (Å²) >= 11 is 0.978. The number of aliphatic imine (C=N–C) groups is 1. The summed E-state index contributed by atoms with van der Waals surface area (Å²) < 4.78 is 43.4. The highest BCUT2D eigenvalue weighted by molar-refractivity contribution is 7.09. The fourth-order valence-electron chi connectivity index (χ4n) is 3.43. The van der Waals surface area contributed by atoms with Gasteiger partial charge in [0.1, 0.15) is 10.8 Å². The molecule has 2 N–H and O–H groups in total. The van der Waals surface area contributed by atoms with Crippen molar-refractivity contribution in [1.29, 1.82) is 0 Å². The van der Waals surface area contributed by atoms with Gasteiger partial charge >= 0.3 is 6.18 Å². The molecule has 164 valence electrons. The number of methoxy groups -OCH3 is 1. The number of hydrogen-bond donors (Lipinski definition) is 2. The standard InChI is InChI=1S/C20H26F3N5OS/c1-24-19(26-12-18-27-17(13-30-18)20(21,22)23)25-11-16(28-9-3-4-10-28)14-5-7-15(29-2)8-6-14/h5-8,13,16H,3-4,9-12H2,1-2H3,(H2,24,25,26). The van der Waals surface area contributed by atoms with Crippen LogP contribution in [0.3, 0.4) is 0 Å². The van der Waals surface area contributed by atoms with Crippen LogP contribution in [0.1, 0.15) is 35.1 Å². The number of alkyl halides is 3. The number of nitrogens with zero attached hydrogens (tertiary/aromatic N) is 3. The fourth-order valence-corrected chi connectivity index (χ4v) is 4.17. The number of hydrogen-bond acceptors (Lipinski definition) is 5. The molecule has 1 aliphatic rings. The Labute approximate surface area is 178 Å². The van der Waals surface area contributed by atoms with Gasteiger partial charge in [-0.25, -0.2) is 4.98 Å². The lowest BCUT2D eigenvalue weighted by Gasteiger charge is -2.29. The van der Waals surface area contributed by atoms with Crippen molar-refractivity contribution in [2.45, 2.75) is 31.6 Å². The van der Waals surface area contributed by atoms with Crippen molar-refractivity contribution >= 4 is 17.3 Å². The van der Waals surface area contributed by atoms with E-state index in [1.807, 2.05) is 12.1 Å². The number of halogens is 3. The average Bonchev–Trinajstić information content (AvgIpc) is 3.43. The summed E-state index contributed by atoms with van der Waals surface area (Å²) in [6.07, 6.45) is -2.08. The molecular formula is C20H26F3N5OS. The van der Waals surface area contributed by atoms with Gasteiger partial charge in [-0.1, -0.05) is 12.1 Å². The maximum absolute atomic E-state index is 12.7. The normalized spacial score (nSPS) is 16.5. The number of ether oxygens (including phenoxy) is 1. The SMILES string of the molecule is CN=C(NCc1nc(C(F)(F)F)cs1)NCC(c1ccc(OC)cc1)N1CCCC1. The van der Waals surface area contributed by atoms with E-state index in [2.05, 4.69) is 37.6 Å². The summed E-state index contributed by atoms with van der Waals surface area (Å²) in [6, 6.07) is 8.19. The van der Waals surface area contributed by atoms with Crippen LogP contribution in [-0.2, 0) is 12.7 Å². The first-order valence-electron chi connectivity index (χ1n) is 9.75. The Hall–Kier alpha value is -2.33. The Balaban J connectivity index is 1.60. The van der Waals surface area contributed by atoms with Crippen LogP contribution >= 0.6 is 11.3 Å². The first kappa shape index (κ1) is 22.4. The molecule has 2 heterocycles. The highest BCUT2D eigenvalue weighted by Gasteiger charge is 2.33. The highest BCUT2D eigenvalue weighted by atomic mass is 32.1. The molecule has 1 saturated heterocycles. The van der Waals surface area contributed by atoms with Crippen LogP contribution in [0.2, 0.25) is 0 Å². The third kappa shape index (κ3) is 5.85. The molecule has 1 aromatic heterocycles. The van der Waals surface area contributed by atoms with Crippen LogP contribution in [0.15, 0.2) is 34.6 Å². The van der Waals surface area contributed by atoms with Gasteiger partial charge in [0.25, 0.3) is 0 Å². The van der Waals surface area contributed by atoms with Crippen LogP contribution in [0.5, 0.6) is 5.75 Å². The zero-order valence-corrected chi connectivity index (χ0v) is 17.8. The molecule has 0 radical (unpaired) electrons. The molecule has 0 bridgehead atoms. The predicted octanol–water partition coefficient (Wildman–Crippen LogP) is 3.67. The number of thiazole rings is 1. The maximum Gasteiger partial charge on any atom is 0.434 e. The summed E-state index contributed by atoms with van der Waals surface area (Å²) in [5.41, 5.74) is 0.316. The summed E-state index contributed by atoms with van der Waals surface area (Å²) in [6.45, 7) is 2.86. The van der Waals surface area contributed by atoms with Crippen LogP contribution in [0, 0.1) is 0 Å². The molecule has 2 aromatic rings. The van der Waals surface area contributed by atoms with Crippen molar-refractivity contribution in [2.24, 2.45) is 4.99 Å². The summed E-state index contributed by atoms with van der Waals surface area (Å²) in [5, 5.41) is 7.73. The summed E-state index contributed by atoms with van der Waals surface area (Å²) in [4.78, 5) is 10.3. The smallest absolute Gasteiger partial charge is 0.434 e. The van der Waals surface area contributed by atoms with Crippen LogP contribution < -0.4 is 15.4 Å². The van der Waals surface area contributed by atoms with E-state index in [1.165, 1.54) is 18.4 Å². The zero-order valence-electron chi connectivity index (χ0n) is 17.0. The van der Waals surface area contributed by atoms with E-state index in [0.29, 0.717) is 17.5 Å². The number of likely N-dealkylation sites (tertiary alicyclic amines) is 1. The number of guanidine groups is 1. The second-order valence-electron chi connectivity index (χ2n) is 6.96. The average molecular weight is 442 g/mol. The minimum Gasteiger partial charge on any atom is -0.497 e. The molecule has 1 unspecified atom stereocenters. The summed E-state index contributed by atoms with van der Waals surface area (Å²) in [7, 11) is 3.28. The van der Waals surface area contributed by atoms with E-state index in [4.69, 9.17) is 4.74 Å². The molecule has 0 amide bonds. The molecule has 0 aliphatic carbocycles. The molecule has 0 saturated carbocycles. The second kappa shape index (κ2) is 10.1. The highest BCUT2D eigenvalue weighted by Crippen LogP contribution is 2.30. The number of rotatable bonds is 7. The molecule has 0 spiro atoms. The van der Waals surface area contributed by atoms with Crippen molar-refractivity contribution in [1.82, 2.24) is 20.5 Å². The van der Waals surface area contributed by atoms with Crippen LogP contribution in [0.4, 0.5) is 13.2 Å². The van der Waals surface area contributed by atoms with Gasteiger partial charge in [-0.2, -0.15) is 13.2 Å². The molecule has 6 nitrogen and oxygen atoms in total. The Bertz CT molecular complexity index is 832. The first-order chi connectivity index (χ1) is 14.4. The third-order valence-corrected chi connectivity index (χ3v) is 5.87. The van der Waals surface area contributed by atoms with E-state index in [0.717, 1.165) is 35.6 Å². The number of aromatic nitrogens is 1. The van der Waals surface area contributed by atoms with E-state index in [9.17, 15) is 13.2 Å². The number of benzene rings is 1. The van der Waals surface area contributed by atoms with E-state index in [-0.39, 0.29) is 12.6 Å². The first-order valence-corrected chi connectivity index (χ1v) is 10.6. The topological polar surface area (TPSA) is 61.8 Å². The van der Waals surface area contributed by atoms with Crippen LogP contribution in [0.25, 0.3) is 0 Å². The molecule has 1 aromatic carbocycles. The second-order valence-corrected chi connectivity index (χ2v) is 7.91. The van der Waals surface area contributed by atoms with Gasteiger partial charge in [0, 0.05) is 19.0 Å². The van der Waals surface area contributed by atoms with Gasteiger partial charge in [-0.3, -0.25) is 9.89 Å². The van der Waals surface area contributed by atoms with E-state index in [1.54, 1.807) is 14.2 Å². The van der Waals surface area contributed by atoms with Crippen LogP contribution in [-0.4, -0.2) is 49.6 Å². The van der Waals surface area contributed by atoms with Gasteiger partial charge in [0.05, 0.1) is 19.7 Å². The van der Waals surface area contributed by atoms with Gasteiger partial charge < -0.3 is 15.4 Å². The van der Waals surface area contributed by atoms with Crippen molar-refractivity contribution in [3.05, 3.63) is 45.9 Å². The minimum absolute atomic E-state index is 0.161. The van der Waals surface area contributed by atoms with Gasteiger partial charge in [0.15, 0.2) is 11.7 Å². The molecule has 1 aliphatic heterocycles. The zero-order chi connectivity index (χ0) is 21.6. The lowest BCUT2D eigenvalue weighted by Crippen LogP contribution is -2.42. The molecule has 1 fully saturated rings. The van der Waals surface area contributed by atoms with Crippen molar-refractivity contribution in [2.75, 3.05) is 33.8 Å². The Kier molecular flexibility index (Phi) is 7.54. The molecule has 1 atom stereocenters. The fraction of sp³-hybridized carbons (Fsp3) is 0.500. The minimum atomic E-state index is -4.42. The van der Waals surface area contributed by atoms with Crippen molar-refractivity contribution in [3.63, 3.8) is 0 Å². The monoisotopic (exact) mass is 441 g/mol. The maximum atomic E-state index is 12.7. The van der Waals surface area contributed by atoms with Gasteiger partial charge in [-0.15, -0.1) is 11.3 Å². The van der Waals surface area contributed by atoms with Gasteiger partial charge in [0.2, 0.25) is 0 Å². The van der Waals surface area contributed by atoms with Crippen molar-refractivity contribution < 1.29 is 17.9 Å². The Morgan fingerprint density at radius 3 is 2.50 bits per heavy atom.